The second-order valence-electron chi connectivity index (χ2n) is 7.70. The van der Waals surface area contributed by atoms with Gasteiger partial charge in [-0.3, -0.25) is 4.79 Å². The van der Waals surface area contributed by atoms with E-state index < -0.39 is 10.0 Å². The lowest BCUT2D eigenvalue weighted by molar-refractivity contribution is -0.130. The maximum atomic E-state index is 13.1. The first kappa shape index (κ1) is 23.9. The van der Waals surface area contributed by atoms with Gasteiger partial charge in [0.25, 0.3) is 0 Å². The van der Waals surface area contributed by atoms with E-state index in [1.807, 2.05) is 25.5 Å². The number of rotatable bonds is 9. The normalized spacial score (nSPS) is 11.9. The van der Waals surface area contributed by atoms with Gasteiger partial charge >= 0.3 is 0 Å². The standard InChI is InChI=1S/C23H29FN4O3S/c1-5-28(6-2)32(30,31)19-11-12-21-20(15-19)25-22(27(21)4)13-14-23(29)26(3)16-17-7-9-18(24)10-8-17/h7-12,15H,5-6,13-14,16H2,1-4H3. The van der Waals surface area contributed by atoms with Crippen LogP contribution in [0.4, 0.5) is 4.39 Å². The molecule has 0 bridgehead atoms. The zero-order valence-corrected chi connectivity index (χ0v) is 19.7. The van der Waals surface area contributed by atoms with Crippen LogP contribution in [0.2, 0.25) is 0 Å². The van der Waals surface area contributed by atoms with E-state index in [9.17, 15) is 17.6 Å². The second kappa shape index (κ2) is 9.79. The molecule has 0 aliphatic carbocycles. The average Bonchev–Trinajstić information content (AvgIpc) is 3.09. The van der Waals surface area contributed by atoms with Gasteiger partial charge in [-0.2, -0.15) is 4.31 Å². The summed E-state index contributed by atoms with van der Waals surface area (Å²) in [7, 11) is 0.00446. The van der Waals surface area contributed by atoms with E-state index in [-0.39, 0.29) is 23.0 Å². The van der Waals surface area contributed by atoms with Gasteiger partial charge < -0.3 is 9.47 Å². The van der Waals surface area contributed by atoms with Gasteiger partial charge in [0.05, 0.1) is 15.9 Å². The Morgan fingerprint density at radius 3 is 2.38 bits per heavy atom. The highest BCUT2D eigenvalue weighted by Crippen LogP contribution is 2.23. The number of hydrogen-bond acceptors (Lipinski definition) is 4. The number of carbonyl (C=O) groups excluding carboxylic acids is 1. The minimum absolute atomic E-state index is 0.0498. The quantitative estimate of drug-likeness (QED) is 0.491. The Morgan fingerprint density at radius 1 is 1.09 bits per heavy atom. The van der Waals surface area contributed by atoms with Gasteiger partial charge in [-0.1, -0.05) is 26.0 Å². The molecule has 0 aliphatic heterocycles. The molecule has 2 aromatic carbocycles. The molecule has 1 heterocycles. The Bertz CT molecular complexity index is 1200. The lowest BCUT2D eigenvalue weighted by Gasteiger charge is -2.18. The van der Waals surface area contributed by atoms with Crippen LogP contribution in [-0.2, 0) is 34.8 Å². The van der Waals surface area contributed by atoms with E-state index in [2.05, 4.69) is 4.98 Å². The van der Waals surface area contributed by atoms with Crippen LogP contribution in [0.3, 0.4) is 0 Å². The van der Waals surface area contributed by atoms with Crippen molar-refractivity contribution in [3.8, 4) is 0 Å². The molecule has 0 aliphatic rings. The van der Waals surface area contributed by atoms with Crippen molar-refractivity contribution in [3.63, 3.8) is 0 Å². The number of fused-ring (bicyclic) bond motifs is 1. The molecule has 0 saturated heterocycles. The maximum Gasteiger partial charge on any atom is 0.243 e. The summed E-state index contributed by atoms with van der Waals surface area (Å²) < 4.78 is 42.0. The van der Waals surface area contributed by atoms with E-state index in [0.29, 0.717) is 37.4 Å². The fourth-order valence-electron chi connectivity index (χ4n) is 3.69. The fourth-order valence-corrected chi connectivity index (χ4v) is 5.17. The summed E-state index contributed by atoms with van der Waals surface area (Å²) in [6.07, 6.45) is 0.690. The van der Waals surface area contributed by atoms with Crippen molar-refractivity contribution in [2.45, 2.75) is 38.1 Å². The number of hydrogen-bond donors (Lipinski definition) is 0. The zero-order valence-electron chi connectivity index (χ0n) is 18.9. The van der Waals surface area contributed by atoms with Gasteiger partial charge in [-0.25, -0.2) is 17.8 Å². The number of halogens is 1. The van der Waals surface area contributed by atoms with Gasteiger partial charge in [-0.15, -0.1) is 0 Å². The van der Waals surface area contributed by atoms with Crippen LogP contribution < -0.4 is 0 Å². The van der Waals surface area contributed by atoms with Crippen molar-refractivity contribution >= 4 is 27.0 Å². The highest BCUT2D eigenvalue weighted by Gasteiger charge is 2.23. The topological polar surface area (TPSA) is 75.5 Å². The second-order valence-corrected chi connectivity index (χ2v) is 9.64. The molecule has 7 nitrogen and oxygen atoms in total. The highest BCUT2D eigenvalue weighted by molar-refractivity contribution is 7.89. The third-order valence-electron chi connectivity index (χ3n) is 5.61. The Labute approximate surface area is 188 Å². The lowest BCUT2D eigenvalue weighted by Crippen LogP contribution is -2.30. The molecule has 3 aromatic rings. The number of imidazole rings is 1. The molecule has 1 aromatic heterocycles. The molecule has 0 N–H and O–H groups in total. The van der Waals surface area contributed by atoms with Crippen LogP contribution in [0.5, 0.6) is 0 Å². The van der Waals surface area contributed by atoms with Crippen molar-refractivity contribution in [3.05, 3.63) is 59.7 Å². The summed E-state index contributed by atoms with van der Waals surface area (Å²) in [4.78, 5) is 19.0. The molecule has 0 fully saturated rings. The van der Waals surface area contributed by atoms with Crippen molar-refractivity contribution in [1.82, 2.24) is 18.8 Å². The predicted octanol–water partition coefficient (Wildman–Crippen LogP) is 3.33. The summed E-state index contributed by atoms with van der Waals surface area (Å²) >= 11 is 0. The Morgan fingerprint density at radius 2 is 1.75 bits per heavy atom. The molecular weight excluding hydrogens is 431 g/mol. The van der Waals surface area contributed by atoms with Gasteiger partial charge in [0.1, 0.15) is 11.6 Å². The van der Waals surface area contributed by atoms with Crippen LogP contribution in [0.15, 0.2) is 47.4 Å². The van der Waals surface area contributed by atoms with Crippen LogP contribution in [0.25, 0.3) is 11.0 Å². The molecule has 32 heavy (non-hydrogen) atoms. The summed E-state index contributed by atoms with van der Waals surface area (Å²) in [5.41, 5.74) is 2.25. The first-order valence-corrected chi connectivity index (χ1v) is 12.0. The SMILES string of the molecule is CCN(CC)S(=O)(=O)c1ccc2c(c1)nc(CCC(=O)N(C)Cc1ccc(F)cc1)n2C. The minimum Gasteiger partial charge on any atom is -0.341 e. The van der Waals surface area contributed by atoms with Crippen LogP contribution in [0.1, 0.15) is 31.7 Å². The van der Waals surface area contributed by atoms with E-state index >= 15 is 0 Å². The number of nitrogens with zero attached hydrogens (tertiary/aromatic N) is 4. The van der Waals surface area contributed by atoms with Crippen LogP contribution >= 0.6 is 0 Å². The van der Waals surface area contributed by atoms with Gasteiger partial charge in [0.2, 0.25) is 15.9 Å². The molecular formula is C23H29FN4O3S. The molecule has 0 atom stereocenters. The molecule has 3 rings (SSSR count). The summed E-state index contributed by atoms with van der Waals surface area (Å²) in [6.45, 7) is 4.81. The Balaban J connectivity index is 1.73. The Hall–Kier alpha value is -2.78. The first-order chi connectivity index (χ1) is 15.2. The predicted molar refractivity (Wildman–Crippen MR) is 122 cm³/mol. The largest absolute Gasteiger partial charge is 0.341 e. The van der Waals surface area contributed by atoms with E-state index in [1.165, 1.54) is 16.4 Å². The maximum absolute atomic E-state index is 13.1. The zero-order chi connectivity index (χ0) is 23.5. The van der Waals surface area contributed by atoms with Gasteiger partial charge in [-0.05, 0) is 35.9 Å². The monoisotopic (exact) mass is 460 g/mol. The molecule has 172 valence electrons. The average molecular weight is 461 g/mol. The van der Waals surface area contributed by atoms with E-state index in [1.54, 1.807) is 42.3 Å². The third kappa shape index (κ3) is 4.99. The van der Waals surface area contributed by atoms with Crippen molar-refractivity contribution in [1.29, 1.82) is 0 Å². The number of benzene rings is 2. The minimum atomic E-state index is -3.57. The lowest BCUT2D eigenvalue weighted by atomic mass is 10.2. The number of amides is 1. The number of aryl methyl sites for hydroxylation is 2. The molecule has 0 radical (unpaired) electrons. The molecule has 0 unspecified atom stereocenters. The Kier molecular flexibility index (Phi) is 7.30. The molecule has 1 amide bonds. The number of aromatic nitrogens is 2. The molecule has 0 saturated carbocycles. The fraction of sp³-hybridized carbons (Fsp3) is 0.391. The highest BCUT2D eigenvalue weighted by atomic mass is 32.2. The summed E-state index contributed by atoms with van der Waals surface area (Å²) in [5, 5.41) is 0. The smallest absolute Gasteiger partial charge is 0.243 e. The van der Waals surface area contributed by atoms with Crippen LogP contribution in [-0.4, -0.2) is 53.2 Å². The third-order valence-corrected chi connectivity index (χ3v) is 7.66. The van der Waals surface area contributed by atoms with Crippen LogP contribution in [0, 0.1) is 5.82 Å². The van der Waals surface area contributed by atoms with Crippen molar-refractivity contribution in [2.75, 3.05) is 20.1 Å². The number of carbonyl (C=O) groups is 1. The van der Waals surface area contributed by atoms with E-state index in [4.69, 9.17) is 0 Å². The van der Waals surface area contributed by atoms with Crippen molar-refractivity contribution in [2.24, 2.45) is 7.05 Å². The molecule has 9 heteroatoms. The first-order valence-electron chi connectivity index (χ1n) is 10.6. The summed E-state index contributed by atoms with van der Waals surface area (Å²) in [5.74, 6) is 0.352. The number of sulfonamides is 1. The summed E-state index contributed by atoms with van der Waals surface area (Å²) in [6, 6.07) is 11.0. The van der Waals surface area contributed by atoms with E-state index in [0.717, 1.165) is 11.1 Å². The van der Waals surface area contributed by atoms with Gasteiger partial charge in [0.15, 0.2) is 0 Å². The van der Waals surface area contributed by atoms with Crippen molar-refractivity contribution < 1.29 is 17.6 Å². The van der Waals surface area contributed by atoms with Gasteiger partial charge in [0, 0.05) is 46.6 Å². The molecule has 0 spiro atoms.